The first-order chi connectivity index (χ1) is 11.7. The van der Waals surface area contributed by atoms with Gasteiger partial charge in [-0.1, -0.05) is 36.9 Å². The highest BCUT2D eigenvalue weighted by Crippen LogP contribution is 2.00. The van der Waals surface area contributed by atoms with Crippen molar-refractivity contribution in [2.24, 2.45) is 0 Å². The quantitative estimate of drug-likeness (QED) is 0.405. The molecule has 0 saturated carbocycles. The molecule has 0 aliphatic rings. The molecule has 0 aromatic heterocycles. The van der Waals surface area contributed by atoms with E-state index in [9.17, 15) is 4.79 Å². The van der Waals surface area contributed by atoms with Gasteiger partial charge in [-0.05, 0) is 19.4 Å². The summed E-state index contributed by atoms with van der Waals surface area (Å²) in [6.45, 7) is 9.97. The second kappa shape index (κ2) is 21.3. The van der Waals surface area contributed by atoms with Crippen molar-refractivity contribution < 1.29 is 29.2 Å². The van der Waals surface area contributed by atoms with E-state index in [0.717, 1.165) is 24.9 Å². The van der Waals surface area contributed by atoms with Gasteiger partial charge in [0.1, 0.15) is 6.61 Å². The van der Waals surface area contributed by atoms with E-state index < -0.39 is 0 Å². The smallest absolute Gasteiger partial charge is 0.330 e. The van der Waals surface area contributed by atoms with Gasteiger partial charge in [-0.3, -0.25) is 0 Å². The van der Waals surface area contributed by atoms with Crippen molar-refractivity contribution in [1.82, 2.24) is 0 Å². The molecule has 6 nitrogen and oxygen atoms in total. The van der Waals surface area contributed by atoms with E-state index >= 15 is 0 Å². The largest absolute Gasteiger partial charge is 0.458 e. The summed E-state index contributed by atoms with van der Waals surface area (Å²) < 4.78 is 14.3. The molecule has 2 N–H and O–H groups in total. The van der Waals surface area contributed by atoms with Crippen LogP contribution in [0.5, 0.6) is 0 Å². The van der Waals surface area contributed by atoms with Crippen LogP contribution in [0.2, 0.25) is 0 Å². The Morgan fingerprint density at radius 3 is 1.96 bits per heavy atom. The molecule has 0 spiro atoms. The van der Waals surface area contributed by atoms with E-state index in [-0.39, 0.29) is 19.2 Å². The van der Waals surface area contributed by atoms with Crippen LogP contribution in [0.1, 0.15) is 19.4 Å². The monoisotopic (exact) mass is 342 g/mol. The van der Waals surface area contributed by atoms with Crippen molar-refractivity contribution in [2.75, 3.05) is 39.6 Å². The normalized spacial score (nSPS) is 9.00. The number of aliphatic hydroxyl groups is 2. The number of aliphatic hydroxyl groups excluding tert-OH is 2. The Bertz CT molecular complexity index is 374. The number of hydrogen-bond acceptors (Lipinski definition) is 6. The van der Waals surface area contributed by atoms with Gasteiger partial charge >= 0.3 is 5.97 Å². The molecule has 1 aromatic carbocycles. The SMILES string of the molecule is C=CC(=O)OCc1ccccc1.CCOCC.OCCOCCO. The number of carbonyl (C=O) groups is 1. The van der Waals surface area contributed by atoms with E-state index in [1.54, 1.807) is 0 Å². The lowest BCUT2D eigenvalue weighted by molar-refractivity contribution is -0.138. The van der Waals surface area contributed by atoms with Crippen LogP contribution in [-0.4, -0.2) is 55.8 Å². The first kappa shape index (κ1) is 24.5. The number of esters is 1. The van der Waals surface area contributed by atoms with Gasteiger partial charge in [-0.2, -0.15) is 0 Å². The highest BCUT2D eigenvalue weighted by atomic mass is 16.5. The maximum absolute atomic E-state index is 10.6. The average molecular weight is 342 g/mol. The van der Waals surface area contributed by atoms with Gasteiger partial charge in [-0.15, -0.1) is 0 Å². The van der Waals surface area contributed by atoms with E-state index in [0.29, 0.717) is 19.8 Å². The minimum Gasteiger partial charge on any atom is -0.458 e. The topological polar surface area (TPSA) is 85.2 Å². The second-order valence-electron chi connectivity index (χ2n) is 4.14. The Balaban J connectivity index is 0. The summed E-state index contributed by atoms with van der Waals surface area (Å²) in [5.41, 5.74) is 0.979. The molecule has 0 aliphatic heterocycles. The zero-order valence-corrected chi connectivity index (χ0v) is 14.6. The van der Waals surface area contributed by atoms with E-state index in [1.807, 2.05) is 44.2 Å². The molecule has 1 rings (SSSR count). The molecular weight excluding hydrogens is 312 g/mol. The van der Waals surface area contributed by atoms with Gasteiger partial charge in [0, 0.05) is 19.3 Å². The molecule has 0 bridgehead atoms. The summed E-state index contributed by atoms with van der Waals surface area (Å²) in [4.78, 5) is 10.6. The third-order valence-electron chi connectivity index (χ3n) is 2.27. The predicted molar refractivity (Wildman–Crippen MR) is 93.6 cm³/mol. The fourth-order valence-corrected chi connectivity index (χ4v) is 1.22. The minimum atomic E-state index is -0.390. The third kappa shape index (κ3) is 20.3. The van der Waals surface area contributed by atoms with Gasteiger partial charge < -0.3 is 24.4 Å². The van der Waals surface area contributed by atoms with Gasteiger partial charge in [0.15, 0.2) is 0 Å². The summed E-state index contributed by atoms with van der Waals surface area (Å²) in [7, 11) is 0. The molecule has 6 heteroatoms. The lowest BCUT2D eigenvalue weighted by atomic mass is 10.2. The molecule has 1 aromatic rings. The molecule has 0 amide bonds. The predicted octanol–water partition coefficient (Wildman–Crippen LogP) is 1.95. The summed E-state index contributed by atoms with van der Waals surface area (Å²) in [6.07, 6.45) is 1.16. The van der Waals surface area contributed by atoms with Crippen LogP contribution >= 0.6 is 0 Å². The van der Waals surface area contributed by atoms with Crippen molar-refractivity contribution in [3.05, 3.63) is 48.6 Å². The summed E-state index contributed by atoms with van der Waals surface area (Å²) in [5, 5.41) is 16.2. The van der Waals surface area contributed by atoms with Crippen molar-refractivity contribution in [3.8, 4) is 0 Å². The zero-order valence-electron chi connectivity index (χ0n) is 14.6. The van der Waals surface area contributed by atoms with Gasteiger partial charge in [-0.25, -0.2) is 4.79 Å². The Hall–Kier alpha value is -1.73. The van der Waals surface area contributed by atoms with Crippen LogP contribution in [0.15, 0.2) is 43.0 Å². The number of benzene rings is 1. The molecule has 0 heterocycles. The van der Waals surface area contributed by atoms with E-state index in [2.05, 4.69) is 11.3 Å². The third-order valence-corrected chi connectivity index (χ3v) is 2.27. The van der Waals surface area contributed by atoms with Crippen LogP contribution < -0.4 is 0 Å². The Kier molecular flexibility index (Phi) is 21.7. The van der Waals surface area contributed by atoms with Crippen LogP contribution in [0.4, 0.5) is 0 Å². The maximum Gasteiger partial charge on any atom is 0.330 e. The molecule has 24 heavy (non-hydrogen) atoms. The molecule has 0 atom stereocenters. The van der Waals surface area contributed by atoms with Crippen molar-refractivity contribution in [1.29, 1.82) is 0 Å². The van der Waals surface area contributed by atoms with Crippen molar-refractivity contribution >= 4 is 5.97 Å². The lowest BCUT2D eigenvalue weighted by Crippen LogP contribution is -2.03. The van der Waals surface area contributed by atoms with Crippen molar-refractivity contribution in [3.63, 3.8) is 0 Å². The lowest BCUT2D eigenvalue weighted by Gasteiger charge is -2.00. The summed E-state index contributed by atoms with van der Waals surface area (Å²) in [5.74, 6) is -0.390. The van der Waals surface area contributed by atoms with Gasteiger partial charge in [0.2, 0.25) is 0 Å². The summed E-state index contributed by atoms with van der Waals surface area (Å²) >= 11 is 0. The fraction of sp³-hybridized carbons (Fsp3) is 0.500. The highest BCUT2D eigenvalue weighted by molar-refractivity contribution is 5.81. The standard InChI is InChI=1S/C10H10O2.C4H10O3.C4H10O/c1-2-10(11)12-8-9-6-4-3-5-7-9;5-1-3-7-4-2-6;1-3-5-4-2/h2-7H,1,8H2;5-6H,1-4H2;3-4H2,1-2H3. The Morgan fingerprint density at radius 2 is 1.58 bits per heavy atom. The molecule has 138 valence electrons. The number of hydrogen-bond donors (Lipinski definition) is 2. The maximum atomic E-state index is 10.6. The van der Waals surface area contributed by atoms with Crippen LogP contribution in [0.25, 0.3) is 0 Å². The van der Waals surface area contributed by atoms with Crippen LogP contribution in [0.3, 0.4) is 0 Å². The molecular formula is C18H30O6. The summed E-state index contributed by atoms with van der Waals surface area (Å²) in [6, 6.07) is 9.51. The van der Waals surface area contributed by atoms with Crippen LogP contribution in [-0.2, 0) is 25.6 Å². The highest BCUT2D eigenvalue weighted by Gasteiger charge is 1.95. The van der Waals surface area contributed by atoms with Gasteiger partial charge in [0.05, 0.1) is 26.4 Å². The number of ether oxygens (including phenoxy) is 3. The first-order valence-corrected chi connectivity index (χ1v) is 7.86. The molecule has 0 radical (unpaired) electrons. The molecule has 0 saturated heterocycles. The second-order valence-corrected chi connectivity index (χ2v) is 4.14. The number of rotatable bonds is 9. The first-order valence-electron chi connectivity index (χ1n) is 7.86. The van der Waals surface area contributed by atoms with Crippen molar-refractivity contribution in [2.45, 2.75) is 20.5 Å². The van der Waals surface area contributed by atoms with Gasteiger partial charge in [0.25, 0.3) is 0 Å². The van der Waals surface area contributed by atoms with Crippen LogP contribution in [0, 0.1) is 0 Å². The molecule has 0 aliphatic carbocycles. The molecule has 0 fully saturated rings. The van der Waals surface area contributed by atoms with E-state index in [4.69, 9.17) is 19.7 Å². The average Bonchev–Trinajstić information content (AvgIpc) is 2.63. The Labute approximate surface area is 144 Å². The number of carbonyl (C=O) groups excluding carboxylic acids is 1. The zero-order chi connectivity index (χ0) is 18.5. The molecule has 0 unspecified atom stereocenters. The fourth-order valence-electron chi connectivity index (χ4n) is 1.22. The van der Waals surface area contributed by atoms with E-state index in [1.165, 1.54) is 0 Å². The Morgan fingerprint density at radius 1 is 1.04 bits per heavy atom. The minimum absolute atomic E-state index is 0.0278.